The first-order valence-electron chi connectivity index (χ1n) is 7.41. The van der Waals surface area contributed by atoms with E-state index in [-0.39, 0.29) is 0 Å². The second-order valence-corrected chi connectivity index (χ2v) is 8.38. The largest absolute Gasteiger partial charge is 0.134 e. The van der Waals surface area contributed by atoms with Crippen LogP contribution in [0.4, 0.5) is 0 Å². The van der Waals surface area contributed by atoms with Gasteiger partial charge in [-0.1, -0.05) is 47.5 Å². The van der Waals surface area contributed by atoms with Gasteiger partial charge >= 0.3 is 0 Å². The zero-order chi connectivity index (χ0) is 16.5. The second kappa shape index (κ2) is 6.73. The van der Waals surface area contributed by atoms with Crippen LogP contribution in [0.2, 0.25) is 10.0 Å². The van der Waals surface area contributed by atoms with Crippen molar-refractivity contribution in [3.05, 3.63) is 82.8 Å². The van der Waals surface area contributed by atoms with Gasteiger partial charge in [-0.3, -0.25) is 0 Å². The molecule has 24 heavy (non-hydrogen) atoms. The van der Waals surface area contributed by atoms with E-state index >= 15 is 0 Å². The van der Waals surface area contributed by atoms with Crippen LogP contribution in [0.5, 0.6) is 0 Å². The molecule has 2 heterocycles. The molecule has 0 spiro atoms. The van der Waals surface area contributed by atoms with Crippen molar-refractivity contribution in [3.63, 3.8) is 0 Å². The van der Waals surface area contributed by atoms with Gasteiger partial charge in [-0.2, -0.15) is 0 Å². The van der Waals surface area contributed by atoms with Gasteiger partial charge in [-0.25, -0.2) is 0 Å². The van der Waals surface area contributed by atoms with Crippen LogP contribution in [0.1, 0.15) is 0 Å². The lowest BCUT2D eigenvalue weighted by molar-refractivity contribution is 1.70. The highest BCUT2D eigenvalue weighted by atomic mass is 35.5. The number of benzene rings is 2. The van der Waals surface area contributed by atoms with Crippen LogP contribution < -0.4 is 0 Å². The molecule has 0 amide bonds. The molecule has 4 heteroatoms. The summed E-state index contributed by atoms with van der Waals surface area (Å²) in [5.74, 6) is 0. The van der Waals surface area contributed by atoms with Crippen molar-refractivity contribution in [2.24, 2.45) is 0 Å². The van der Waals surface area contributed by atoms with E-state index in [1.54, 1.807) is 22.7 Å². The quantitative estimate of drug-likeness (QED) is 0.333. The Bertz CT molecular complexity index is 882. The molecule has 0 nitrogen and oxygen atoms in total. The number of hydrogen-bond acceptors (Lipinski definition) is 2. The molecule has 2 aromatic heterocycles. The fourth-order valence-electron chi connectivity index (χ4n) is 2.48. The van der Waals surface area contributed by atoms with Gasteiger partial charge < -0.3 is 0 Å². The first-order chi connectivity index (χ1) is 11.7. The van der Waals surface area contributed by atoms with Gasteiger partial charge in [0.2, 0.25) is 0 Å². The summed E-state index contributed by atoms with van der Waals surface area (Å²) in [6.45, 7) is 0. The molecule has 2 aromatic carbocycles. The number of thiophene rings is 2. The Hall–Kier alpha value is -1.58. The molecule has 0 N–H and O–H groups in total. The molecule has 0 radical (unpaired) electrons. The SMILES string of the molecule is Clc1ccc(-c2ccc(-c3ccc(-c4ccc(Cl)cc4)s3)s2)cc1. The van der Waals surface area contributed by atoms with Gasteiger partial charge in [0.1, 0.15) is 0 Å². The molecule has 4 rings (SSSR count). The lowest BCUT2D eigenvalue weighted by Crippen LogP contribution is -1.70. The van der Waals surface area contributed by atoms with Gasteiger partial charge in [0.15, 0.2) is 0 Å². The molecule has 4 aromatic rings. The number of rotatable bonds is 3. The smallest absolute Gasteiger partial charge is 0.0449 e. The summed E-state index contributed by atoms with van der Waals surface area (Å²) in [6, 6.07) is 24.7. The standard InChI is InChI=1S/C20H12Cl2S2/c21-15-5-1-13(2-6-15)17-9-11-19(23-17)20-12-10-18(24-20)14-3-7-16(22)8-4-14/h1-12H. The molecule has 0 unspecified atom stereocenters. The maximum absolute atomic E-state index is 5.97. The van der Waals surface area contributed by atoms with E-state index in [9.17, 15) is 0 Å². The van der Waals surface area contributed by atoms with E-state index < -0.39 is 0 Å². The topological polar surface area (TPSA) is 0 Å². The molecule has 118 valence electrons. The lowest BCUT2D eigenvalue weighted by Gasteiger charge is -1.97. The first-order valence-corrected chi connectivity index (χ1v) is 9.80. The highest BCUT2D eigenvalue weighted by Crippen LogP contribution is 2.40. The zero-order valence-corrected chi connectivity index (χ0v) is 15.6. The normalized spacial score (nSPS) is 10.9. The molecular weight excluding hydrogens is 375 g/mol. The maximum atomic E-state index is 5.97. The average molecular weight is 387 g/mol. The van der Waals surface area contributed by atoms with E-state index in [0.717, 1.165) is 10.0 Å². The first kappa shape index (κ1) is 15.9. The summed E-state index contributed by atoms with van der Waals surface area (Å²) in [7, 11) is 0. The van der Waals surface area contributed by atoms with Crippen LogP contribution in [0.25, 0.3) is 30.6 Å². The van der Waals surface area contributed by atoms with Crippen LogP contribution in [0.15, 0.2) is 72.8 Å². The van der Waals surface area contributed by atoms with Crippen molar-refractivity contribution >= 4 is 45.9 Å². The molecule has 0 saturated carbocycles. The minimum atomic E-state index is 0.765. The Morgan fingerprint density at radius 1 is 0.417 bits per heavy atom. The molecule has 0 fully saturated rings. The van der Waals surface area contributed by atoms with Gasteiger partial charge in [0.05, 0.1) is 0 Å². The summed E-state index contributed by atoms with van der Waals surface area (Å²) in [4.78, 5) is 5.07. The molecular formula is C20H12Cl2S2. The minimum absolute atomic E-state index is 0.765. The molecule has 0 aliphatic heterocycles. The van der Waals surface area contributed by atoms with Gasteiger partial charge in [0, 0.05) is 29.6 Å². The highest BCUT2D eigenvalue weighted by Gasteiger charge is 2.09. The fourth-order valence-corrected chi connectivity index (χ4v) is 4.84. The van der Waals surface area contributed by atoms with Crippen LogP contribution in [-0.4, -0.2) is 0 Å². The van der Waals surface area contributed by atoms with Crippen LogP contribution in [0, 0.1) is 0 Å². The van der Waals surface area contributed by atoms with Gasteiger partial charge in [-0.05, 0) is 59.7 Å². The van der Waals surface area contributed by atoms with Crippen LogP contribution in [-0.2, 0) is 0 Å². The van der Waals surface area contributed by atoms with E-state index in [4.69, 9.17) is 23.2 Å². The minimum Gasteiger partial charge on any atom is -0.134 e. The number of halogens is 2. The maximum Gasteiger partial charge on any atom is 0.0449 e. The molecule has 0 atom stereocenters. The summed E-state index contributed by atoms with van der Waals surface area (Å²) >= 11 is 15.5. The predicted octanol–water partition coefficient (Wildman–Crippen LogP) is 8.12. The fraction of sp³-hybridized carbons (Fsp3) is 0. The van der Waals surface area contributed by atoms with Crippen molar-refractivity contribution < 1.29 is 0 Å². The third kappa shape index (κ3) is 3.28. The Morgan fingerprint density at radius 3 is 1.12 bits per heavy atom. The second-order valence-electron chi connectivity index (χ2n) is 5.34. The van der Waals surface area contributed by atoms with Gasteiger partial charge in [-0.15, -0.1) is 22.7 Å². The summed E-state index contributed by atoms with van der Waals surface area (Å²) in [5.41, 5.74) is 2.40. The van der Waals surface area contributed by atoms with Crippen molar-refractivity contribution in [2.45, 2.75) is 0 Å². The van der Waals surface area contributed by atoms with Crippen molar-refractivity contribution in [3.8, 4) is 30.6 Å². The molecule has 0 aliphatic carbocycles. The van der Waals surface area contributed by atoms with E-state index in [0.29, 0.717) is 0 Å². The van der Waals surface area contributed by atoms with Crippen LogP contribution >= 0.6 is 45.9 Å². The zero-order valence-electron chi connectivity index (χ0n) is 12.5. The Morgan fingerprint density at radius 2 is 0.750 bits per heavy atom. The molecule has 0 bridgehead atoms. The average Bonchev–Trinajstić information content (AvgIpc) is 3.25. The van der Waals surface area contributed by atoms with Crippen molar-refractivity contribution in [1.82, 2.24) is 0 Å². The Balaban J connectivity index is 1.63. The Kier molecular flexibility index (Phi) is 4.47. The van der Waals surface area contributed by atoms with E-state index in [1.165, 1.54) is 30.6 Å². The monoisotopic (exact) mass is 386 g/mol. The van der Waals surface area contributed by atoms with Gasteiger partial charge in [0.25, 0.3) is 0 Å². The number of hydrogen-bond donors (Lipinski definition) is 0. The third-order valence-electron chi connectivity index (χ3n) is 3.71. The summed E-state index contributed by atoms with van der Waals surface area (Å²) < 4.78 is 0. The highest BCUT2D eigenvalue weighted by molar-refractivity contribution is 7.25. The lowest BCUT2D eigenvalue weighted by atomic mass is 10.2. The van der Waals surface area contributed by atoms with Crippen molar-refractivity contribution in [2.75, 3.05) is 0 Å². The predicted molar refractivity (Wildman–Crippen MR) is 109 cm³/mol. The Labute approximate surface area is 158 Å². The van der Waals surface area contributed by atoms with E-state index in [2.05, 4.69) is 48.5 Å². The summed E-state index contributed by atoms with van der Waals surface area (Å²) in [6.07, 6.45) is 0. The summed E-state index contributed by atoms with van der Waals surface area (Å²) in [5, 5.41) is 1.53. The molecule has 0 aliphatic rings. The van der Waals surface area contributed by atoms with Crippen LogP contribution in [0.3, 0.4) is 0 Å². The van der Waals surface area contributed by atoms with Crippen molar-refractivity contribution in [1.29, 1.82) is 0 Å². The third-order valence-corrected chi connectivity index (χ3v) is 6.68. The van der Waals surface area contributed by atoms with E-state index in [1.807, 2.05) is 24.3 Å². The molecule has 0 saturated heterocycles.